The molecule has 0 N–H and O–H groups in total. The van der Waals surface area contributed by atoms with Crippen LogP contribution in [-0.2, 0) is 23.0 Å². The van der Waals surface area contributed by atoms with E-state index in [1.807, 2.05) is 19.1 Å². The molecular formula is C27H25Cl2NO6S. The summed E-state index contributed by atoms with van der Waals surface area (Å²) >= 11 is 12.1. The zero-order valence-corrected chi connectivity index (χ0v) is 22.6. The number of hydrogen-bond donors (Lipinski definition) is 0. The van der Waals surface area contributed by atoms with Gasteiger partial charge in [-0.05, 0) is 53.9 Å². The van der Waals surface area contributed by atoms with Gasteiger partial charge < -0.3 is 18.4 Å². The number of hydrogen-bond acceptors (Lipinski definition) is 7. The molecule has 3 aromatic rings. The lowest BCUT2D eigenvalue weighted by molar-refractivity contribution is 0.320. The average Bonchev–Trinajstić information content (AvgIpc) is 2.86. The highest BCUT2D eigenvalue weighted by atomic mass is 35.5. The molecule has 0 aliphatic heterocycles. The minimum absolute atomic E-state index is 0.0457. The summed E-state index contributed by atoms with van der Waals surface area (Å²) in [7, 11) is -3.02. The van der Waals surface area contributed by atoms with Crippen molar-refractivity contribution >= 4 is 33.3 Å². The van der Waals surface area contributed by atoms with Gasteiger partial charge in [-0.25, -0.2) is 0 Å². The second-order valence-corrected chi connectivity index (χ2v) is 10.1. The number of rotatable bonds is 12. The molecule has 0 spiro atoms. The van der Waals surface area contributed by atoms with Gasteiger partial charge in [0, 0.05) is 17.5 Å². The van der Waals surface area contributed by atoms with Gasteiger partial charge in [0.2, 0.25) is 0 Å². The molecule has 3 aromatic carbocycles. The van der Waals surface area contributed by atoms with Crippen LogP contribution in [0.3, 0.4) is 0 Å². The van der Waals surface area contributed by atoms with E-state index in [-0.39, 0.29) is 33.0 Å². The van der Waals surface area contributed by atoms with Crippen LogP contribution >= 0.6 is 23.2 Å². The van der Waals surface area contributed by atoms with Crippen molar-refractivity contribution < 1.29 is 26.8 Å². The summed E-state index contributed by atoms with van der Waals surface area (Å²) in [5, 5.41) is 9.43. The van der Waals surface area contributed by atoms with Gasteiger partial charge in [0.1, 0.15) is 29.9 Å². The third-order valence-corrected chi connectivity index (χ3v) is 6.94. The number of ether oxygens (including phenoxy) is 3. The number of halogens is 2. The Bertz CT molecular complexity index is 1430. The van der Waals surface area contributed by atoms with Crippen LogP contribution in [0.15, 0.2) is 66.1 Å². The first-order valence-electron chi connectivity index (χ1n) is 11.2. The van der Waals surface area contributed by atoms with Crippen molar-refractivity contribution in [2.24, 2.45) is 0 Å². The van der Waals surface area contributed by atoms with Gasteiger partial charge in [-0.15, -0.1) is 0 Å². The lowest BCUT2D eigenvalue weighted by Gasteiger charge is -2.14. The van der Waals surface area contributed by atoms with E-state index >= 15 is 0 Å². The summed E-state index contributed by atoms with van der Waals surface area (Å²) in [6, 6.07) is 14.9. The zero-order chi connectivity index (χ0) is 27.0. The van der Waals surface area contributed by atoms with Gasteiger partial charge in [0.15, 0.2) is 10.6 Å². The van der Waals surface area contributed by atoms with Gasteiger partial charge in [-0.3, -0.25) is 0 Å². The molecule has 0 amide bonds. The molecule has 0 atom stereocenters. The molecule has 0 fully saturated rings. The highest BCUT2D eigenvalue weighted by Crippen LogP contribution is 2.37. The van der Waals surface area contributed by atoms with Crippen molar-refractivity contribution in [2.45, 2.75) is 24.7 Å². The van der Waals surface area contributed by atoms with Gasteiger partial charge in [-0.2, -0.15) is 13.7 Å². The summed E-state index contributed by atoms with van der Waals surface area (Å²) in [6.07, 6.45) is 2.76. The van der Waals surface area contributed by atoms with Crippen LogP contribution in [0, 0.1) is 11.3 Å². The second kappa shape index (κ2) is 12.7. The van der Waals surface area contributed by atoms with E-state index in [1.54, 1.807) is 24.3 Å². The summed E-state index contributed by atoms with van der Waals surface area (Å²) in [6.45, 7) is 6.13. The van der Waals surface area contributed by atoms with E-state index in [0.29, 0.717) is 36.5 Å². The van der Waals surface area contributed by atoms with Crippen molar-refractivity contribution in [1.29, 1.82) is 5.26 Å². The number of nitriles is 1. The maximum atomic E-state index is 13.1. The number of methoxy groups -OCH3 is 1. The second-order valence-electron chi connectivity index (χ2n) is 7.76. The first-order chi connectivity index (χ1) is 17.7. The first kappa shape index (κ1) is 28.2. The molecule has 3 rings (SSSR count). The molecule has 0 radical (unpaired) electrons. The summed E-state index contributed by atoms with van der Waals surface area (Å²) in [5.41, 5.74) is 2.16. The van der Waals surface area contributed by atoms with E-state index in [4.69, 9.17) is 41.6 Å². The Labute approximate surface area is 226 Å². The quantitative estimate of drug-likeness (QED) is 0.187. The maximum absolute atomic E-state index is 13.1. The SMILES string of the molecule is C=CCOc1cc(CCOc2cc(CC)cc(OS(=O)(=O)c3cc(Cl)cc(Cl)c3OC)c2)ccc1C#N. The number of benzene rings is 3. The van der Waals surface area contributed by atoms with Crippen molar-refractivity contribution in [2.75, 3.05) is 20.3 Å². The average molecular weight is 562 g/mol. The van der Waals surface area contributed by atoms with Crippen molar-refractivity contribution in [1.82, 2.24) is 0 Å². The molecule has 0 unspecified atom stereocenters. The van der Waals surface area contributed by atoms with Crippen LogP contribution in [0.5, 0.6) is 23.0 Å². The maximum Gasteiger partial charge on any atom is 0.343 e. The molecule has 0 bridgehead atoms. The van der Waals surface area contributed by atoms with Gasteiger partial charge >= 0.3 is 10.1 Å². The zero-order valence-electron chi connectivity index (χ0n) is 20.3. The Morgan fingerprint density at radius 2 is 1.78 bits per heavy atom. The number of nitrogens with zero attached hydrogens (tertiary/aromatic N) is 1. The molecule has 37 heavy (non-hydrogen) atoms. The highest BCUT2D eigenvalue weighted by molar-refractivity contribution is 7.87. The normalized spacial score (nSPS) is 10.9. The fraction of sp³-hybridized carbons (Fsp3) is 0.222. The predicted molar refractivity (Wildman–Crippen MR) is 143 cm³/mol. The standard InChI is InChI=1S/C27H25Cl2NO6S/c1-4-9-35-25-13-19(6-7-20(25)17-30)8-10-34-22-11-18(5-2)12-23(16-22)36-37(31,32)26-15-21(28)14-24(29)27(26)33-3/h4,6-7,11-16H,1,5,8-10H2,2-3H3. The van der Waals surface area contributed by atoms with E-state index in [0.717, 1.165) is 11.1 Å². The number of aryl methyl sites for hydroxylation is 1. The third-order valence-electron chi connectivity index (χ3n) is 5.18. The fourth-order valence-corrected chi connectivity index (χ4v) is 5.25. The molecule has 0 aliphatic carbocycles. The van der Waals surface area contributed by atoms with Crippen LogP contribution in [0.25, 0.3) is 0 Å². The smallest absolute Gasteiger partial charge is 0.343 e. The molecule has 0 aliphatic rings. The molecule has 0 saturated carbocycles. The minimum atomic E-state index is -4.32. The largest absolute Gasteiger partial charge is 0.494 e. The molecule has 7 nitrogen and oxygen atoms in total. The summed E-state index contributed by atoms with van der Waals surface area (Å²) in [4.78, 5) is -0.285. The lowest BCUT2D eigenvalue weighted by Crippen LogP contribution is -2.12. The predicted octanol–water partition coefficient (Wildman–Crippen LogP) is 6.39. The Morgan fingerprint density at radius 3 is 2.46 bits per heavy atom. The molecule has 0 aromatic heterocycles. The minimum Gasteiger partial charge on any atom is -0.494 e. The Hall–Kier alpha value is -3.38. The van der Waals surface area contributed by atoms with E-state index < -0.39 is 10.1 Å². The van der Waals surface area contributed by atoms with E-state index in [1.165, 1.54) is 25.3 Å². The van der Waals surface area contributed by atoms with Crippen molar-refractivity contribution in [3.63, 3.8) is 0 Å². The fourth-order valence-electron chi connectivity index (χ4n) is 3.43. The topological polar surface area (TPSA) is 94.8 Å². The Morgan fingerprint density at radius 1 is 1.03 bits per heavy atom. The van der Waals surface area contributed by atoms with E-state index in [2.05, 4.69) is 12.6 Å². The molecule has 0 heterocycles. The lowest BCUT2D eigenvalue weighted by atomic mass is 10.1. The van der Waals surface area contributed by atoms with Gasteiger partial charge in [0.05, 0.1) is 24.3 Å². The molecule has 10 heteroatoms. The van der Waals surface area contributed by atoms with Crippen LogP contribution in [0.4, 0.5) is 0 Å². The van der Waals surface area contributed by atoms with Crippen molar-refractivity contribution in [3.8, 4) is 29.1 Å². The van der Waals surface area contributed by atoms with Crippen LogP contribution in [0.1, 0.15) is 23.6 Å². The molecule has 194 valence electrons. The van der Waals surface area contributed by atoms with E-state index in [9.17, 15) is 13.7 Å². The van der Waals surface area contributed by atoms with Crippen LogP contribution in [0.2, 0.25) is 10.0 Å². The van der Waals surface area contributed by atoms with Crippen LogP contribution in [-0.4, -0.2) is 28.7 Å². The summed E-state index contributed by atoms with van der Waals surface area (Å²) < 4.78 is 48.1. The van der Waals surface area contributed by atoms with Gasteiger partial charge in [0.25, 0.3) is 0 Å². The molecular weight excluding hydrogens is 537 g/mol. The van der Waals surface area contributed by atoms with Crippen molar-refractivity contribution in [3.05, 3.63) is 87.9 Å². The molecule has 0 saturated heterocycles. The first-order valence-corrected chi connectivity index (χ1v) is 13.4. The van der Waals surface area contributed by atoms with Crippen LogP contribution < -0.4 is 18.4 Å². The summed E-state index contributed by atoms with van der Waals surface area (Å²) in [5.74, 6) is 0.932. The van der Waals surface area contributed by atoms with Gasteiger partial charge in [-0.1, -0.05) is 48.8 Å². The third kappa shape index (κ3) is 7.32. The Balaban J connectivity index is 1.78. The Kier molecular flexibility index (Phi) is 9.70. The highest BCUT2D eigenvalue weighted by Gasteiger charge is 2.25. The monoisotopic (exact) mass is 561 g/mol.